The fraction of sp³-hybridized carbons (Fsp3) is 0.167. The summed E-state index contributed by atoms with van der Waals surface area (Å²) in [6.07, 6.45) is -0.654. The number of tetrazole rings is 1. The smallest absolute Gasteiger partial charge is 0.323 e. The van der Waals surface area contributed by atoms with Gasteiger partial charge in [-0.1, -0.05) is 24.0 Å². The zero-order valence-electron chi connectivity index (χ0n) is 18.1. The van der Waals surface area contributed by atoms with Gasteiger partial charge in [-0.15, -0.1) is 5.10 Å². The molecule has 0 saturated heterocycles. The average Bonchev–Trinajstić information content (AvgIpc) is 3.36. The van der Waals surface area contributed by atoms with Crippen molar-refractivity contribution >= 4 is 0 Å². The maximum Gasteiger partial charge on any atom is 0.323 e. The third-order valence-corrected chi connectivity index (χ3v) is 5.28. The standard InChI is InChI=1S/C24H15F6N5O/c25-18-8-9-19(20(26)11-18)23(36,13-35-14-32-33-34-35)24(29,30)21-10-5-16(12-31-21)2-1-15-3-6-17(7-4-15)22(27)28/h3-12,14,22,36H,13H2. The van der Waals surface area contributed by atoms with Gasteiger partial charge in [0.25, 0.3) is 6.43 Å². The Bertz CT molecular complexity index is 1400. The van der Waals surface area contributed by atoms with Gasteiger partial charge in [0.15, 0.2) is 5.60 Å². The van der Waals surface area contributed by atoms with Crippen molar-refractivity contribution in [2.75, 3.05) is 0 Å². The van der Waals surface area contributed by atoms with E-state index >= 15 is 8.78 Å². The molecule has 1 atom stereocenters. The normalized spacial score (nSPS) is 13.2. The van der Waals surface area contributed by atoms with Gasteiger partial charge in [-0.2, -0.15) is 8.78 Å². The summed E-state index contributed by atoms with van der Waals surface area (Å²) >= 11 is 0. The van der Waals surface area contributed by atoms with Crippen LogP contribution in [0.3, 0.4) is 0 Å². The maximum absolute atomic E-state index is 15.7. The quantitative estimate of drug-likeness (QED) is 0.313. The highest BCUT2D eigenvalue weighted by Crippen LogP contribution is 2.46. The fourth-order valence-corrected chi connectivity index (χ4v) is 3.39. The molecule has 0 radical (unpaired) electrons. The molecule has 2 aromatic carbocycles. The van der Waals surface area contributed by atoms with Gasteiger partial charge >= 0.3 is 5.92 Å². The summed E-state index contributed by atoms with van der Waals surface area (Å²) in [5.74, 6) is -1.24. The van der Waals surface area contributed by atoms with E-state index in [0.717, 1.165) is 29.3 Å². The Labute approximate surface area is 200 Å². The number of aromatic nitrogens is 5. The highest BCUT2D eigenvalue weighted by Gasteiger charge is 2.57. The molecule has 4 aromatic rings. The molecule has 1 N–H and O–H groups in total. The Hall–Kier alpha value is -4.24. The van der Waals surface area contributed by atoms with E-state index in [1.165, 1.54) is 30.3 Å². The summed E-state index contributed by atoms with van der Waals surface area (Å²) in [6, 6.07) is 9.14. The highest BCUT2D eigenvalue weighted by atomic mass is 19.3. The SMILES string of the molecule is OC(Cn1cnnn1)(c1ccc(F)cc1F)C(F)(F)c1ccc(C#Cc2ccc(C(F)F)cc2)cn1. The van der Waals surface area contributed by atoms with E-state index in [9.17, 15) is 22.7 Å². The number of hydrogen-bond donors (Lipinski definition) is 1. The number of pyridine rings is 1. The van der Waals surface area contributed by atoms with Gasteiger partial charge < -0.3 is 5.11 Å². The van der Waals surface area contributed by atoms with Crippen LogP contribution in [0.4, 0.5) is 26.3 Å². The molecule has 6 nitrogen and oxygen atoms in total. The number of hydrogen-bond acceptors (Lipinski definition) is 5. The van der Waals surface area contributed by atoms with Gasteiger partial charge in [0, 0.05) is 34.5 Å². The van der Waals surface area contributed by atoms with Crippen molar-refractivity contribution in [2.24, 2.45) is 0 Å². The van der Waals surface area contributed by atoms with Crippen LogP contribution >= 0.6 is 0 Å². The zero-order chi connectivity index (χ0) is 25.9. The number of rotatable bonds is 6. The van der Waals surface area contributed by atoms with Crippen molar-refractivity contribution in [1.29, 1.82) is 0 Å². The first-order valence-electron chi connectivity index (χ1n) is 10.2. The van der Waals surface area contributed by atoms with Gasteiger partial charge in [-0.05, 0) is 46.8 Å². The second-order valence-corrected chi connectivity index (χ2v) is 7.67. The second kappa shape index (κ2) is 9.79. The Morgan fingerprint density at radius 2 is 1.64 bits per heavy atom. The van der Waals surface area contributed by atoms with Gasteiger partial charge in [0.1, 0.15) is 23.7 Å². The van der Waals surface area contributed by atoms with Gasteiger partial charge in [0.05, 0.1) is 6.54 Å². The van der Waals surface area contributed by atoms with Crippen LogP contribution in [0.5, 0.6) is 0 Å². The van der Waals surface area contributed by atoms with E-state index < -0.39 is 47.4 Å². The molecule has 36 heavy (non-hydrogen) atoms. The second-order valence-electron chi connectivity index (χ2n) is 7.67. The lowest BCUT2D eigenvalue weighted by Gasteiger charge is -2.35. The number of nitrogens with zero attached hydrogens (tertiary/aromatic N) is 5. The lowest BCUT2D eigenvalue weighted by molar-refractivity contribution is -0.207. The van der Waals surface area contributed by atoms with Crippen LogP contribution in [0.15, 0.2) is 67.1 Å². The predicted molar refractivity (Wildman–Crippen MR) is 114 cm³/mol. The van der Waals surface area contributed by atoms with E-state index in [1.807, 2.05) is 0 Å². The minimum Gasteiger partial charge on any atom is -0.377 e. The van der Waals surface area contributed by atoms with Crippen molar-refractivity contribution in [1.82, 2.24) is 25.2 Å². The molecule has 0 amide bonds. The number of alkyl halides is 4. The molecule has 0 spiro atoms. The summed E-state index contributed by atoms with van der Waals surface area (Å²) < 4.78 is 85.4. The lowest BCUT2D eigenvalue weighted by Crippen LogP contribution is -2.48. The van der Waals surface area contributed by atoms with Gasteiger partial charge in [0.2, 0.25) is 0 Å². The first-order valence-corrected chi connectivity index (χ1v) is 10.2. The van der Waals surface area contributed by atoms with Crippen LogP contribution in [0.2, 0.25) is 0 Å². The topological polar surface area (TPSA) is 76.7 Å². The molecule has 0 saturated carbocycles. The Kier molecular flexibility index (Phi) is 6.76. The van der Waals surface area contributed by atoms with Crippen molar-refractivity contribution < 1.29 is 31.4 Å². The van der Waals surface area contributed by atoms with Crippen LogP contribution in [-0.4, -0.2) is 30.3 Å². The van der Waals surface area contributed by atoms with Crippen molar-refractivity contribution in [3.63, 3.8) is 0 Å². The number of halogens is 6. The lowest BCUT2D eigenvalue weighted by atomic mass is 9.84. The first kappa shape index (κ1) is 24.9. The Morgan fingerprint density at radius 1 is 0.944 bits per heavy atom. The van der Waals surface area contributed by atoms with Crippen LogP contribution in [0.25, 0.3) is 0 Å². The third-order valence-electron chi connectivity index (χ3n) is 5.28. The molecule has 2 aromatic heterocycles. The van der Waals surface area contributed by atoms with Crippen LogP contribution in [-0.2, 0) is 18.1 Å². The molecule has 184 valence electrons. The molecule has 1 unspecified atom stereocenters. The molecule has 2 heterocycles. The molecule has 0 aliphatic rings. The molecule has 4 rings (SSSR count). The molecular weight excluding hydrogens is 488 g/mol. The van der Waals surface area contributed by atoms with E-state index in [2.05, 4.69) is 32.4 Å². The highest BCUT2D eigenvalue weighted by molar-refractivity contribution is 5.43. The first-order chi connectivity index (χ1) is 17.1. The number of aliphatic hydroxyl groups is 1. The molecule has 0 aliphatic heterocycles. The van der Waals surface area contributed by atoms with Crippen LogP contribution < -0.4 is 0 Å². The van der Waals surface area contributed by atoms with Crippen LogP contribution in [0, 0.1) is 23.5 Å². The van der Waals surface area contributed by atoms with Crippen LogP contribution in [0.1, 0.15) is 34.4 Å². The third kappa shape index (κ3) is 4.92. The maximum atomic E-state index is 15.7. The largest absolute Gasteiger partial charge is 0.377 e. The molecule has 0 bridgehead atoms. The van der Waals surface area contributed by atoms with Crippen molar-refractivity contribution in [2.45, 2.75) is 24.5 Å². The molecular formula is C24H15F6N5O. The predicted octanol–water partition coefficient (Wildman–Crippen LogP) is 4.36. The van der Waals surface area contributed by atoms with Gasteiger partial charge in [-0.3, -0.25) is 4.98 Å². The Balaban J connectivity index is 1.66. The summed E-state index contributed by atoms with van der Waals surface area (Å²) in [7, 11) is 0. The Morgan fingerprint density at radius 3 is 2.22 bits per heavy atom. The summed E-state index contributed by atoms with van der Waals surface area (Å²) in [5.41, 5.74) is -4.61. The molecule has 0 fully saturated rings. The average molecular weight is 503 g/mol. The van der Waals surface area contributed by atoms with Crippen molar-refractivity contribution in [3.05, 3.63) is 107 Å². The monoisotopic (exact) mass is 503 g/mol. The van der Waals surface area contributed by atoms with E-state index in [1.54, 1.807) is 0 Å². The summed E-state index contributed by atoms with van der Waals surface area (Å²) in [6.45, 7) is -0.979. The zero-order valence-corrected chi connectivity index (χ0v) is 18.1. The molecule has 0 aliphatic carbocycles. The van der Waals surface area contributed by atoms with Gasteiger partial charge in [-0.25, -0.2) is 22.2 Å². The minimum atomic E-state index is -4.20. The van der Waals surface area contributed by atoms with E-state index in [0.29, 0.717) is 17.7 Å². The van der Waals surface area contributed by atoms with E-state index in [-0.39, 0.29) is 11.1 Å². The molecule has 12 heteroatoms. The number of benzene rings is 2. The summed E-state index contributed by atoms with van der Waals surface area (Å²) in [4.78, 5) is 3.70. The van der Waals surface area contributed by atoms with E-state index in [4.69, 9.17) is 0 Å². The fourth-order valence-electron chi connectivity index (χ4n) is 3.39. The van der Waals surface area contributed by atoms with Crippen molar-refractivity contribution in [3.8, 4) is 11.8 Å². The minimum absolute atomic E-state index is 0.166. The summed E-state index contributed by atoms with van der Waals surface area (Å²) in [5, 5.41) is 21.2.